The lowest BCUT2D eigenvalue weighted by Gasteiger charge is -1.99. The monoisotopic (exact) mass is 278 g/mol. The number of benzene rings is 1. The average Bonchev–Trinajstić information content (AvgIpc) is 2.91. The third-order valence-electron chi connectivity index (χ3n) is 2.50. The zero-order valence-electron chi connectivity index (χ0n) is 9.99. The minimum absolute atomic E-state index is 0.0369. The van der Waals surface area contributed by atoms with Gasteiger partial charge in [-0.3, -0.25) is 4.79 Å². The maximum atomic E-state index is 12.9. The van der Waals surface area contributed by atoms with E-state index in [4.69, 9.17) is 11.6 Å². The normalized spacial score (nSPS) is 10.8. The highest BCUT2D eigenvalue weighted by Crippen LogP contribution is 2.16. The molecule has 0 spiro atoms. The van der Waals surface area contributed by atoms with E-state index in [0.717, 1.165) is 5.56 Å². The minimum Gasteiger partial charge on any atom is -0.367 e. The van der Waals surface area contributed by atoms with E-state index in [2.05, 4.69) is 10.3 Å². The molecule has 0 aliphatic heterocycles. The van der Waals surface area contributed by atoms with E-state index >= 15 is 0 Å². The summed E-state index contributed by atoms with van der Waals surface area (Å²) in [5.74, 6) is -0.697. The largest absolute Gasteiger partial charge is 0.367 e. The lowest BCUT2D eigenvalue weighted by Crippen LogP contribution is -2.19. The summed E-state index contributed by atoms with van der Waals surface area (Å²) in [6.45, 7) is 0.455. The van der Waals surface area contributed by atoms with Crippen molar-refractivity contribution in [3.05, 3.63) is 64.7 Å². The molecule has 2 N–H and O–H groups in total. The second kappa shape index (κ2) is 6.20. The summed E-state index contributed by atoms with van der Waals surface area (Å²) >= 11 is 5.64. The highest BCUT2D eigenvalue weighted by Gasteiger charge is 2.00. The van der Waals surface area contributed by atoms with Crippen molar-refractivity contribution in [2.24, 2.45) is 0 Å². The molecule has 0 fully saturated rings. The highest BCUT2D eigenvalue weighted by molar-refractivity contribution is 6.30. The Kier molecular flexibility index (Phi) is 4.36. The number of hydrogen-bond acceptors (Lipinski definition) is 1. The number of H-pyrrole nitrogens is 1. The van der Waals surface area contributed by atoms with Gasteiger partial charge in [-0.2, -0.15) is 0 Å². The molecule has 0 aliphatic carbocycles. The molecule has 0 radical (unpaired) electrons. The van der Waals surface area contributed by atoms with Gasteiger partial charge < -0.3 is 10.3 Å². The van der Waals surface area contributed by atoms with Gasteiger partial charge in [0.2, 0.25) is 5.91 Å². The molecule has 1 amide bonds. The topological polar surface area (TPSA) is 44.9 Å². The van der Waals surface area contributed by atoms with E-state index in [0.29, 0.717) is 12.1 Å². The molecule has 0 unspecified atom stereocenters. The molecule has 2 aromatic rings. The van der Waals surface area contributed by atoms with Crippen molar-refractivity contribution in [1.82, 2.24) is 10.3 Å². The van der Waals surface area contributed by atoms with Crippen molar-refractivity contribution in [3.8, 4) is 0 Å². The van der Waals surface area contributed by atoms with E-state index in [9.17, 15) is 9.18 Å². The SMILES string of the molecule is O=C(/C=C/c1ccc(F)c(Cl)c1)NCc1cc[nH]c1. The third-order valence-corrected chi connectivity index (χ3v) is 2.79. The molecular weight excluding hydrogens is 267 g/mol. The summed E-state index contributed by atoms with van der Waals surface area (Å²) in [6.07, 6.45) is 6.57. The number of aromatic amines is 1. The second-order valence-electron chi connectivity index (χ2n) is 3.94. The van der Waals surface area contributed by atoms with E-state index in [1.807, 2.05) is 12.3 Å². The fourth-order valence-corrected chi connectivity index (χ4v) is 1.69. The number of nitrogens with one attached hydrogen (secondary N) is 2. The Morgan fingerprint density at radius 1 is 1.42 bits per heavy atom. The molecule has 5 heteroatoms. The predicted molar refractivity (Wildman–Crippen MR) is 73.1 cm³/mol. The first-order valence-electron chi connectivity index (χ1n) is 5.68. The Balaban J connectivity index is 1.90. The van der Waals surface area contributed by atoms with Gasteiger partial charge in [0.05, 0.1) is 5.02 Å². The first kappa shape index (κ1) is 13.4. The molecule has 1 heterocycles. The lowest BCUT2D eigenvalue weighted by molar-refractivity contribution is -0.116. The van der Waals surface area contributed by atoms with Crippen molar-refractivity contribution in [2.45, 2.75) is 6.54 Å². The van der Waals surface area contributed by atoms with Crippen molar-refractivity contribution in [1.29, 1.82) is 0 Å². The van der Waals surface area contributed by atoms with Gasteiger partial charge in [0.15, 0.2) is 0 Å². The maximum absolute atomic E-state index is 12.9. The quantitative estimate of drug-likeness (QED) is 0.829. The Labute approximate surface area is 115 Å². The van der Waals surface area contributed by atoms with Crippen LogP contribution in [-0.2, 0) is 11.3 Å². The van der Waals surface area contributed by atoms with E-state index < -0.39 is 5.82 Å². The fraction of sp³-hybridized carbons (Fsp3) is 0.0714. The Morgan fingerprint density at radius 2 is 2.26 bits per heavy atom. The molecule has 19 heavy (non-hydrogen) atoms. The van der Waals surface area contributed by atoms with E-state index in [-0.39, 0.29) is 10.9 Å². The zero-order chi connectivity index (χ0) is 13.7. The zero-order valence-corrected chi connectivity index (χ0v) is 10.7. The van der Waals surface area contributed by atoms with Gasteiger partial charge in [0.25, 0.3) is 0 Å². The van der Waals surface area contributed by atoms with Crippen molar-refractivity contribution in [2.75, 3.05) is 0 Å². The molecule has 98 valence electrons. The van der Waals surface area contributed by atoms with Crippen LogP contribution in [0.4, 0.5) is 4.39 Å². The Morgan fingerprint density at radius 3 is 2.95 bits per heavy atom. The third kappa shape index (κ3) is 3.96. The molecular formula is C14H12ClFN2O. The van der Waals surface area contributed by atoms with Crippen LogP contribution in [0.25, 0.3) is 6.08 Å². The van der Waals surface area contributed by atoms with Crippen LogP contribution in [0.5, 0.6) is 0 Å². The Bertz CT molecular complexity index is 593. The number of halogens is 2. The molecule has 1 aromatic heterocycles. The fourth-order valence-electron chi connectivity index (χ4n) is 1.50. The van der Waals surface area contributed by atoms with Crippen LogP contribution in [0.2, 0.25) is 5.02 Å². The molecule has 0 bridgehead atoms. The van der Waals surface area contributed by atoms with Crippen LogP contribution in [0.15, 0.2) is 42.7 Å². The molecule has 0 saturated heterocycles. The summed E-state index contributed by atoms with van der Waals surface area (Å²) in [5, 5.41) is 2.77. The van der Waals surface area contributed by atoms with Gasteiger partial charge in [0.1, 0.15) is 5.82 Å². The molecule has 3 nitrogen and oxygen atoms in total. The molecule has 0 aliphatic rings. The van der Waals surface area contributed by atoms with Gasteiger partial charge in [-0.25, -0.2) is 4.39 Å². The average molecular weight is 279 g/mol. The summed E-state index contributed by atoms with van der Waals surface area (Å²) < 4.78 is 12.9. The first-order valence-corrected chi connectivity index (χ1v) is 6.05. The van der Waals surface area contributed by atoms with Crippen LogP contribution in [0.1, 0.15) is 11.1 Å². The van der Waals surface area contributed by atoms with Gasteiger partial charge in [-0.15, -0.1) is 0 Å². The number of aromatic nitrogens is 1. The number of amides is 1. The summed E-state index contributed by atoms with van der Waals surface area (Å²) in [5.41, 5.74) is 1.66. The number of carbonyl (C=O) groups is 1. The van der Waals surface area contributed by atoms with Crippen LogP contribution >= 0.6 is 11.6 Å². The standard InChI is InChI=1S/C14H12ClFN2O/c15-12-7-10(1-3-13(12)16)2-4-14(19)18-9-11-5-6-17-8-11/h1-8,17H,9H2,(H,18,19)/b4-2+. The smallest absolute Gasteiger partial charge is 0.244 e. The summed E-state index contributed by atoms with van der Waals surface area (Å²) in [7, 11) is 0. The summed E-state index contributed by atoms with van der Waals surface area (Å²) in [4.78, 5) is 14.5. The lowest BCUT2D eigenvalue weighted by atomic mass is 10.2. The van der Waals surface area contributed by atoms with Crippen LogP contribution < -0.4 is 5.32 Å². The van der Waals surface area contributed by atoms with Crippen LogP contribution in [-0.4, -0.2) is 10.9 Å². The number of hydrogen-bond donors (Lipinski definition) is 2. The van der Waals surface area contributed by atoms with Gasteiger partial charge >= 0.3 is 0 Å². The van der Waals surface area contributed by atoms with Gasteiger partial charge in [-0.05, 0) is 35.4 Å². The molecule has 0 saturated carbocycles. The molecule has 0 atom stereocenters. The van der Waals surface area contributed by atoms with E-state index in [1.54, 1.807) is 18.3 Å². The van der Waals surface area contributed by atoms with Crippen LogP contribution in [0.3, 0.4) is 0 Å². The number of carbonyl (C=O) groups excluding carboxylic acids is 1. The predicted octanol–water partition coefficient (Wildman–Crippen LogP) is 3.14. The Hall–Kier alpha value is -2.07. The van der Waals surface area contributed by atoms with Gasteiger partial charge in [-0.1, -0.05) is 17.7 Å². The van der Waals surface area contributed by atoms with Crippen molar-refractivity contribution in [3.63, 3.8) is 0 Å². The highest BCUT2D eigenvalue weighted by atomic mass is 35.5. The number of rotatable bonds is 4. The molecule has 1 aromatic carbocycles. The minimum atomic E-state index is -0.476. The van der Waals surface area contributed by atoms with Crippen molar-refractivity contribution < 1.29 is 9.18 Å². The first-order chi connectivity index (χ1) is 9.15. The second-order valence-corrected chi connectivity index (χ2v) is 4.35. The summed E-state index contributed by atoms with van der Waals surface area (Å²) in [6, 6.07) is 6.16. The van der Waals surface area contributed by atoms with Crippen LogP contribution in [0, 0.1) is 5.82 Å². The maximum Gasteiger partial charge on any atom is 0.244 e. The van der Waals surface area contributed by atoms with Gasteiger partial charge in [0, 0.05) is 25.0 Å². The van der Waals surface area contributed by atoms with E-state index in [1.165, 1.54) is 18.2 Å². The molecule has 2 rings (SSSR count). The van der Waals surface area contributed by atoms with Crippen molar-refractivity contribution >= 4 is 23.6 Å².